The molecule has 0 saturated heterocycles. The van der Waals surface area contributed by atoms with Crippen LogP contribution in [0.5, 0.6) is 5.75 Å². The van der Waals surface area contributed by atoms with E-state index in [0.29, 0.717) is 6.29 Å². The Morgan fingerprint density at radius 1 is 1.50 bits per heavy atom. The normalized spacial score (nSPS) is 9.33. The monoisotopic (exact) mass is 165 g/mol. The molecule has 0 spiro atoms. The maximum absolute atomic E-state index is 10.8. The third-order valence-electron chi connectivity index (χ3n) is 1.37. The van der Waals surface area contributed by atoms with Crippen LogP contribution in [0.25, 0.3) is 0 Å². The Bertz CT molecular complexity index is 330. The second-order valence-corrected chi connectivity index (χ2v) is 2.18. The van der Waals surface area contributed by atoms with Gasteiger partial charge in [0.25, 0.3) is 0 Å². The molecule has 1 rings (SSSR count). The lowest BCUT2D eigenvalue weighted by atomic mass is 10.1. The summed E-state index contributed by atoms with van der Waals surface area (Å²) in [5.41, 5.74) is -0.188. The molecule has 0 unspecified atom stereocenters. The Hall–Kier alpha value is -1.84. The van der Waals surface area contributed by atoms with Crippen LogP contribution in [0.1, 0.15) is 20.7 Å². The minimum Gasteiger partial charge on any atom is -0.872 e. The number of hydrogen-bond acceptors (Lipinski definition) is 3. The van der Waals surface area contributed by atoms with Crippen LogP contribution < -0.4 is 5.11 Å². The summed E-state index contributed by atoms with van der Waals surface area (Å²) in [5, 5.41) is 19.3. The molecule has 12 heavy (non-hydrogen) atoms. The fourth-order valence-electron chi connectivity index (χ4n) is 0.788. The molecule has 0 radical (unpaired) electrons. The van der Waals surface area contributed by atoms with Gasteiger partial charge in [-0.05, 0) is 6.07 Å². The molecule has 0 aromatic heterocycles. The largest absolute Gasteiger partial charge is 0.872 e. The molecule has 1 aromatic carbocycles. The number of benzene rings is 1. The second-order valence-electron chi connectivity index (χ2n) is 2.18. The number of carbonyl (C=O) groups excluding carboxylic acids is 1. The maximum Gasteiger partial charge on any atom is 0.335 e. The molecule has 0 heterocycles. The Morgan fingerprint density at radius 2 is 2.17 bits per heavy atom. The van der Waals surface area contributed by atoms with E-state index in [4.69, 9.17) is 5.11 Å². The van der Waals surface area contributed by atoms with Gasteiger partial charge in [0.05, 0.1) is 5.56 Å². The molecule has 0 bridgehead atoms. The van der Waals surface area contributed by atoms with Gasteiger partial charge in [0.1, 0.15) is 6.29 Å². The lowest BCUT2D eigenvalue weighted by Crippen LogP contribution is -2.04. The Balaban J connectivity index is 3.25. The zero-order valence-electron chi connectivity index (χ0n) is 5.98. The predicted octanol–water partition coefficient (Wildman–Crippen LogP) is 0.271. The van der Waals surface area contributed by atoms with Crippen molar-refractivity contribution in [1.29, 1.82) is 0 Å². The summed E-state index contributed by atoms with van der Waals surface area (Å²) >= 11 is 0. The standard InChI is InChI=1S/C8H6O4/c9-4-5-1-2-7(10)6(3-5)8(11)12/h1-4,10H,(H,11,12)/p-1. The molecule has 1 N–H and O–H groups in total. The summed E-state index contributed by atoms with van der Waals surface area (Å²) in [5.74, 6) is -1.91. The van der Waals surface area contributed by atoms with Crippen LogP contribution >= 0.6 is 0 Å². The van der Waals surface area contributed by atoms with E-state index in [0.717, 1.165) is 12.1 Å². The van der Waals surface area contributed by atoms with E-state index in [-0.39, 0.29) is 11.1 Å². The molecule has 1 aromatic rings. The number of carbonyl (C=O) groups is 2. The van der Waals surface area contributed by atoms with Crippen LogP contribution in [-0.4, -0.2) is 17.4 Å². The molecule has 0 fully saturated rings. The summed E-state index contributed by atoms with van der Waals surface area (Å²) < 4.78 is 0. The summed E-state index contributed by atoms with van der Waals surface area (Å²) in [7, 11) is 0. The van der Waals surface area contributed by atoms with Crippen LogP contribution in [0.3, 0.4) is 0 Å². The molecule has 4 nitrogen and oxygen atoms in total. The first-order valence-corrected chi connectivity index (χ1v) is 3.14. The van der Waals surface area contributed by atoms with Crippen LogP contribution in [0.4, 0.5) is 0 Å². The Kier molecular flexibility index (Phi) is 2.09. The van der Waals surface area contributed by atoms with E-state index < -0.39 is 11.7 Å². The minimum absolute atomic E-state index is 0.187. The fraction of sp³-hybridized carbons (Fsp3) is 0. The summed E-state index contributed by atoms with van der Waals surface area (Å²) in [6.07, 6.45) is 0.492. The Morgan fingerprint density at radius 3 is 2.67 bits per heavy atom. The average Bonchev–Trinajstić information content (AvgIpc) is 2.05. The molecule has 0 aliphatic rings. The molecule has 4 heteroatoms. The SMILES string of the molecule is O=Cc1ccc([O-])c(C(=O)O)c1. The van der Waals surface area contributed by atoms with E-state index in [2.05, 4.69) is 0 Å². The van der Waals surface area contributed by atoms with E-state index in [1.54, 1.807) is 0 Å². The van der Waals surface area contributed by atoms with Gasteiger partial charge in [0, 0.05) is 5.56 Å². The van der Waals surface area contributed by atoms with Gasteiger partial charge < -0.3 is 10.2 Å². The first kappa shape index (κ1) is 8.26. The van der Waals surface area contributed by atoms with Gasteiger partial charge in [-0.15, -0.1) is 0 Å². The van der Waals surface area contributed by atoms with Crippen molar-refractivity contribution in [2.75, 3.05) is 0 Å². The van der Waals surface area contributed by atoms with Crippen molar-refractivity contribution in [1.82, 2.24) is 0 Å². The zero-order chi connectivity index (χ0) is 9.14. The van der Waals surface area contributed by atoms with E-state index in [1.807, 2.05) is 0 Å². The molecule has 0 amide bonds. The van der Waals surface area contributed by atoms with E-state index in [1.165, 1.54) is 6.07 Å². The van der Waals surface area contributed by atoms with E-state index in [9.17, 15) is 14.7 Å². The molecule has 0 aliphatic carbocycles. The first-order valence-electron chi connectivity index (χ1n) is 3.14. The summed E-state index contributed by atoms with van der Waals surface area (Å²) in [4.78, 5) is 20.6. The van der Waals surface area contributed by atoms with Gasteiger partial charge in [-0.3, -0.25) is 4.79 Å². The van der Waals surface area contributed by atoms with Crippen molar-refractivity contribution >= 4 is 12.3 Å². The quantitative estimate of drug-likeness (QED) is 0.638. The average molecular weight is 165 g/mol. The summed E-state index contributed by atoms with van der Waals surface area (Å²) in [6.45, 7) is 0. The minimum atomic E-state index is -1.32. The first-order chi connectivity index (χ1) is 5.65. The molecule has 0 saturated carbocycles. The van der Waals surface area contributed by atoms with Crippen LogP contribution in [0, 0.1) is 0 Å². The van der Waals surface area contributed by atoms with Gasteiger partial charge in [-0.2, -0.15) is 0 Å². The van der Waals surface area contributed by atoms with Crippen molar-refractivity contribution in [3.63, 3.8) is 0 Å². The number of hydrogen-bond donors (Lipinski definition) is 1. The predicted molar refractivity (Wildman–Crippen MR) is 38.2 cm³/mol. The third kappa shape index (κ3) is 1.42. The van der Waals surface area contributed by atoms with Crippen molar-refractivity contribution in [2.24, 2.45) is 0 Å². The number of rotatable bonds is 2. The van der Waals surface area contributed by atoms with Crippen molar-refractivity contribution in [2.45, 2.75) is 0 Å². The number of aromatic carboxylic acids is 1. The van der Waals surface area contributed by atoms with Crippen LogP contribution in [0.15, 0.2) is 18.2 Å². The molecular formula is C8H5O4-. The van der Waals surface area contributed by atoms with Crippen LogP contribution in [0.2, 0.25) is 0 Å². The third-order valence-corrected chi connectivity index (χ3v) is 1.37. The zero-order valence-corrected chi connectivity index (χ0v) is 5.98. The smallest absolute Gasteiger partial charge is 0.335 e. The highest BCUT2D eigenvalue weighted by Crippen LogP contribution is 2.14. The van der Waals surface area contributed by atoms with E-state index >= 15 is 0 Å². The van der Waals surface area contributed by atoms with Gasteiger partial charge >= 0.3 is 5.97 Å². The second kappa shape index (κ2) is 3.04. The molecular weight excluding hydrogens is 160 g/mol. The molecule has 62 valence electrons. The van der Waals surface area contributed by atoms with Gasteiger partial charge in [0.2, 0.25) is 0 Å². The lowest BCUT2D eigenvalue weighted by molar-refractivity contribution is -0.268. The lowest BCUT2D eigenvalue weighted by Gasteiger charge is -2.08. The van der Waals surface area contributed by atoms with Crippen LogP contribution in [-0.2, 0) is 0 Å². The van der Waals surface area contributed by atoms with Gasteiger partial charge in [0.15, 0.2) is 0 Å². The van der Waals surface area contributed by atoms with Crippen molar-refractivity contribution in [3.8, 4) is 5.75 Å². The highest BCUT2D eigenvalue weighted by molar-refractivity contribution is 5.92. The van der Waals surface area contributed by atoms with Gasteiger partial charge in [-0.25, -0.2) is 4.79 Å². The molecule has 0 atom stereocenters. The van der Waals surface area contributed by atoms with Crippen molar-refractivity contribution < 1.29 is 19.8 Å². The van der Waals surface area contributed by atoms with Gasteiger partial charge in [-0.1, -0.05) is 17.9 Å². The Labute approximate surface area is 68.1 Å². The van der Waals surface area contributed by atoms with Crippen molar-refractivity contribution in [3.05, 3.63) is 29.3 Å². The highest BCUT2D eigenvalue weighted by atomic mass is 16.4. The topological polar surface area (TPSA) is 77.4 Å². The fourth-order valence-corrected chi connectivity index (χ4v) is 0.788. The maximum atomic E-state index is 10.8. The summed E-state index contributed by atoms with van der Waals surface area (Å²) in [6, 6.07) is 3.40. The number of carboxylic acid groups (broad SMARTS) is 1. The molecule has 0 aliphatic heterocycles. The highest BCUT2D eigenvalue weighted by Gasteiger charge is 2.03. The number of carboxylic acids is 1. The number of aldehydes is 1.